The van der Waals surface area contributed by atoms with E-state index in [0.717, 1.165) is 30.1 Å². The third-order valence-corrected chi connectivity index (χ3v) is 4.15. The average Bonchev–Trinajstić information content (AvgIpc) is 2.86. The van der Waals surface area contributed by atoms with E-state index in [2.05, 4.69) is 24.5 Å². The van der Waals surface area contributed by atoms with Crippen LogP contribution >= 0.6 is 12.6 Å². The van der Waals surface area contributed by atoms with Gasteiger partial charge in [0.1, 0.15) is 0 Å². The normalized spacial score (nSPS) is 19.6. The fraction of sp³-hybridized carbons (Fsp3) is 0.533. The van der Waals surface area contributed by atoms with Crippen molar-refractivity contribution in [2.75, 3.05) is 26.7 Å². The van der Waals surface area contributed by atoms with E-state index in [0.29, 0.717) is 6.04 Å². The maximum absolute atomic E-state index is 12.3. The van der Waals surface area contributed by atoms with Gasteiger partial charge in [0.25, 0.3) is 5.91 Å². The molecule has 1 amide bonds. The van der Waals surface area contributed by atoms with Crippen LogP contribution < -0.4 is 0 Å². The maximum Gasteiger partial charge on any atom is 0.253 e. The first-order valence-corrected chi connectivity index (χ1v) is 7.35. The van der Waals surface area contributed by atoms with E-state index in [1.54, 1.807) is 0 Å². The number of carbonyl (C=O) groups excluding carboxylic acids is 1. The number of benzene rings is 1. The van der Waals surface area contributed by atoms with Crippen molar-refractivity contribution in [2.45, 2.75) is 30.7 Å². The number of nitrogens with zero attached hydrogens (tertiary/aromatic N) is 2. The fourth-order valence-electron chi connectivity index (χ4n) is 2.74. The lowest BCUT2D eigenvalue weighted by Crippen LogP contribution is -2.41. The zero-order valence-corrected chi connectivity index (χ0v) is 12.6. The summed E-state index contributed by atoms with van der Waals surface area (Å²) in [6, 6.07) is 7.92. The molecule has 0 aliphatic carbocycles. The van der Waals surface area contributed by atoms with E-state index in [4.69, 9.17) is 0 Å². The molecule has 0 radical (unpaired) electrons. The Morgan fingerprint density at radius 3 is 2.74 bits per heavy atom. The van der Waals surface area contributed by atoms with Crippen LogP contribution in [0.5, 0.6) is 0 Å². The van der Waals surface area contributed by atoms with Gasteiger partial charge in [-0.3, -0.25) is 9.69 Å². The molecule has 1 fully saturated rings. The molecule has 4 heteroatoms. The van der Waals surface area contributed by atoms with Crippen molar-refractivity contribution < 1.29 is 4.79 Å². The summed E-state index contributed by atoms with van der Waals surface area (Å²) >= 11 is 4.24. The predicted molar refractivity (Wildman–Crippen MR) is 80.9 cm³/mol. The largest absolute Gasteiger partial charge is 0.340 e. The second kappa shape index (κ2) is 6.44. The second-order valence-corrected chi connectivity index (χ2v) is 5.67. The van der Waals surface area contributed by atoms with Crippen LogP contribution in [-0.2, 0) is 0 Å². The molecule has 1 atom stereocenters. The lowest BCUT2D eigenvalue weighted by molar-refractivity contribution is 0.0754. The number of rotatable bonds is 4. The van der Waals surface area contributed by atoms with Crippen LogP contribution in [0.3, 0.4) is 0 Å². The van der Waals surface area contributed by atoms with Gasteiger partial charge in [-0.15, -0.1) is 12.6 Å². The molecule has 1 aromatic carbocycles. The quantitative estimate of drug-likeness (QED) is 0.856. The van der Waals surface area contributed by atoms with Crippen molar-refractivity contribution in [3.05, 3.63) is 29.8 Å². The summed E-state index contributed by atoms with van der Waals surface area (Å²) in [7, 11) is 1.89. The highest BCUT2D eigenvalue weighted by Crippen LogP contribution is 2.18. The summed E-state index contributed by atoms with van der Waals surface area (Å²) in [6.07, 6.45) is 2.44. The first kappa shape index (κ1) is 14.4. The minimum absolute atomic E-state index is 0.0938. The molecule has 0 N–H and O–H groups in total. The Hall–Kier alpha value is -1.00. The van der Waals surface area contributed by atoms with Crippen molar-refractivity contribution in [2.24, 2.45) is 0 Å². The highest BCUT2D eigenvalue weighted by atomic mass is 32.1. The summed E-state index contributed by atoms with van der Waals surface area (Å²) in [5.41, 5.74) is 0.737. The summed E-state index contributed by atoms with van der Waals surface area (Å²) < 4.78 is 0. The molecule has 1 saturated heterocycles. The molecule has 0 saturated carbocycles. The van der Waals surface area contributed by atoms with Gasteiger partial charge in [-0.25, -0.2) is 0 Å². The Balaban J connectivity index is 1.97. The number of carbonyl (C=O) groups is 1. The SMILES string of the molecule is CCN1CCCC1CN(C)C(=O)c1ccc(S)cc1. The first-order valence-electron chi connectivity index (χ1n) is 6.90. The number of likely N-dealkylation sites (tertiary alicyclic amines) is 1. The van der Waals surface area contributed by atoms with Crippen LogP contribution in [0.2, 0.25) is 0 Å². The Morgan fingerprint density at radius 1 is 1.42 bits per heavy atom. The molecule has 1 unspecified atom stereocenters. The van der Waals surface area contributed by atoms with Crippen molar-refractivity contribution in [3.8, 4) is 0 Å². The lowest BCUT2D eigenvalue weighted by atomic mass is 10.1. The molecule has 1 aliphatic rings. The van der Waals surface area contributed by atoms with Crippen LogP contribution in [0.15, 0.2) is 29.2 Å². The molecule has 104 valence electrons. The van der Waals surface area contributed by atoms with Crippen LogP contribution in [0.1, 0.15) is 30.1 Å². The van der Waals surface area contributed by atoms with E-state index in [9.17, 15) is 4.79 Å². The van der Waals surface area contributed by atoms with Gasteiger partial charge >= 0.3 is 0 Å². The molecule has 0 spiro atoms. The van der Waals surface area contributed by atoms with Crippen molar-refractivity contribution in [1.82, 2.24) is 9.80 Å². The van der Waals surface area contributed by atoms with Gasteiger partial charge < -0.3 is 4.90 Å². The minimum Gasteiger partial charge on any atom is -0.340 e. The number of amides is 1. The summed E-state index contributed by atoms with van der Waals surface area (Å²) in [6.45, 7) is 5.24. The van der Waals surface area contributed by atoms with E-state index in [1.165, 1.54) is 12.8 Å². The molecule has 1 heterocycles. The molecule has 0 aromatic heterocycles. The fourth-order valence-corrected chi connectivity index (χ4v) is 2.89. The Kier molecular flexibility index (Phi) is 4.88. The summed E-state index contributed by atoms with van der Waals surface area (Å²) in [5, 5.41) is 0. The smallest absolute Gasteiger partial charge is 0.253 e. The Morgan fingerprint density at radius 2 is 2.11 bits per heavy atom. The average molecular weight is 278 g/mol. The molecular weight excluding hydrogens is 256 g/mol. The van der Waals surface area contributed by atoms with Gasteiger partial charge in [-0.05, 0) is 50.2 Å². The number of hydrogen-bond acceptors (Lipinski definition) is 3. The summed E-state index contributed by atoms with van der Waals surface area (Å²) in [5.74, 6) is 0.0938. The van der Waals surface area contributed by atoms with Gasteiger partial charge in [0.05, 0.1) is 0 Å². The van der Waals surface area contributed by atoms with E-state index in [1.807, 2.05) is 36.2 Å². The Labute approximate surface area is 121 Å². The topological polar surface area (TPSA) is 23.6 Å². The van der Waals surface area contributed by atoms with Gasteiger partial charge in [0.2, 0.25) is 0 Å². The van der Waals surface area contributed by atoms with Crippen LogP contribution in [0.25, 0.3) is 0 Å². The standard InChI is InChI=1S/C15H22N2OS/c1-3-17-10-4-5-13(17)11-16(2)15(18)12-6-8-14(19)9-7-12/h6-9,13,19H,3-5,10-11H2,1-2H3. The maximum atomic E-state index is 12.3. The van der Waals surface area contributed by atoms with E-state index in [-0.39, 0.29) is 5.91 Å². The zero-order chi connectivity index (χ0) is 13.8. The lowest BCUT2D eigenvalue weighted by Gasteiger charge is -2.27. The minimum atomic E-state index is 0.0938. The van der Waals surface area contributed by atoms with Crippen molar-refractivity contribution >= 4 is 18.5 Å². The molecule has 2 rings (SSSR count). The number of thiol groups is 1. The molecule has 1 aliphatic heterocycles. The van der Waals surface area contributed by atoms with Crippen LogP contribution in [0, 0.1) is 0 Å². The van der Waals surface area contributed by atoms with E-state index < -0.39 is 0 Å². The summed E-state index contributed by atoms with van der Waals surface area (Å²) in [4.78, 5) is 17.5. The molecule has 0 bridgehead atoms. The third kappa shape index (κ3) is 3.51. The highest BCUT2D eigenvalue weighted by Gasteiger charge is 2.25. The van der Waals surface area contributed by atoms with Gasteiger partial charge in [-0.1, -0.05) is 6.92 Å². The third-order valence-electron chi connectivity index (χ3n) is 3.85. The van der Waals surface area contributed by atoms with E-state index >= 15 is 0 Å². The molecule has 3 nitrogen and oxygen atoms in total. The molecular formula is C15H22N2OS. The number of likely N-dealkylation sites (N-methyl/N-ethyl adjacent to an activating group) is 2. The van der Waals surface area contributed by atoms with Gasteiger partial charge in [-0.2, -0.15) is 0 Å². The van der Waals surface area contributed by atoms with Crippen molar-refractivity contribution in [1.29, 1.82) is 0 Å². The first-order chi connectivity index (χ1) is 9.11. The van der Waals surface area contributed by atoms with Gasteiger partial charge in [0.15, 0.2) is 0 Å². The molecule has 1 aromatic rings. The van der Waals surface area contributed by atoms with Crippen molar-refractivity contribution in [3.63, 3.8) is 0 Å². The number of hydrogen-bond donors (Lipinski definition) is 1. The molecule has 19 heavy (non-hydrogen) atoms. The predicted octanol–water partition coefficient (Wildman–Crippen LogP) is 2.53. The van der Waals surface area contributed by atoms with Gasteiger partial charge in [0, 0.05) is 30.1 Å². The monoisotopic (exact) mass is 278 g/mol. The highest BCUT2D eigenvalue weighted by molar-refractivity contribution is 7.80. The second-order valence-electron chi connectivity index (χ2n) is 5.16. The van der Waals surface area contributed by atoms with Crippen LogP contribution in [-0.4, -0.2) is 48.4 Å². The van der Waals surface area contributed by atoms with Crippen LogP contribution in [0.4, 0.5) is 0 Å². The Bertz CT molecular complexity index is 432. The zero-order valence-electron chi connectivity index (χ0n) is 11.7.